The van der Waals surface area contributed by atoms with Gasteiger partial charge in [-0.1, -0.05) is 26.0 Å². The number of benzene rings is 1. The summed E-state index contributed by atoms with van der Waals surface area (Å²) in [5.41, 5.74) is 3.62. The molecule has 0 aliphatic heterocycles. The fourth-order valence-electron chi connectivity index (χ4n) is 2.71. The second-order valence-corrected chi connectivity index (χ2v) is 7.14. The lowest BCUT2D eigenvalue weighted by Crippen LogP contribution is -2.04. The number of nitrogens with one attached hydrogen (secondary N) is 1. The van der Waals surface area contributed by atoms with Crippen LogP contribution in [0.15, 0.2) is 35.4 Å². The number of nitriles is 1. The monoisotopic (exact) mass is 394 g/mol. The largest absolute Gasteiger partial charge is 0.486 e. The summed E-state index contributed by atoms with van der Waals surface area (Å²) in [7, 11) is 1.85. The summed E-state index contributed by atoms with van der Waals surface area (Å²) in [5.74, 6) is 1.79. The van der Waals surface area contributed by atoms with E-state index in [0.717, 1.165) is 17.0 Å². The number of hydrogen-bond donors (Lipinski definition) is 1. The van der Waals surface area contributed by atoms with Crippen LogP contribution >= 0.6 is 12.2 Å². The van der Waals surface area contributed by atoms with Gasteiger partial charge in [-0.25, -0.2) is 5.10 Å². The van der Waals surface area contributed by atoms with E-state index in [9.17, 15) is 0 Å². The average molecular weight is 395 g/mol. The van der Waals surface area contributed by atoms with E-state index >= 15 is 0 Å². The van der Waals surface area contributed by atoms with E-state index in [1.165, 1.54) is 10.2 Å². The Morgan fingerprint density at radius 2 is 2.07 bits per heavy atom. The van der Waals surface area contributed by atoms with E-state index in [1.54, 1.807) is 12.3 Å². The number of hydrogen-bond acceptors (Lipinski definition) is 5. The highest BCUT2D eigenvalue weighted by Crippen LogP contribution is 2.19. The maximum atomic E-state index is 9.15. The average Bonchev–Trinajstić information content (AvgIpc) is 3.18. The summed E-state index contributed by atoms with van der Waals surface area (Å²) >= 11 is 5.27. The van der Waals surface area contributed by atoms with Crippen LogP contribution in [0.25, 0.3) is 0 Å². The Hall–Kier alpha value is -3.18. The van der Waals surface area contributed by atoms with Crippen LogP contribution in [-0.2, 0) is 13.7 Å². The lowest BCUT2D eigenvalue weighted by Gasteiger charge is -2.08. The second kappa shape index (κ2) is 8.23. The third kappa shape index (κ3) is 4.05. The van der Waals surface area contributed by atoms with Crippen LogP contribution in [0.4, 0.5) is 0 Å². The van der Waals surface area contributed by atoms with Gasteiger partial charge in [-0.15, -0.1) is 0 Å². The van der Waals surface area contributed by atoms with Gasteiger partial charge in [-0.05, 0) is 48.8 Å². The van der Waals surface area contributed by atoms with Crippen LogP contribution in [-0.4, -0.2) is 25.7 Å². The van der Waals surface area contributed by atoms with E-state index in [0.29, 0.717) is 22.2 Å². The summed E-state index contributed by atoms with van der Waals surface area (Å²) in [5, 5.41) is 20.5. The number of aromatic amines is 1. The van der Waals surface area contributed by atoms with E-state index < -0.39 is 0 Å². The van der Waals surface area contributed by atoms with Gasteiger partial charge in [0.1, 0.15) is 24.1 Å². The Morgan fingerprint density at radius 1 is 1.36 bits per heavy atom. The molecule has 0 saturated heterocycles. The van der Waals surface area contributed by atoms with Crippen LogP contribution in [0.1, 0.15) is 48.1 Å². The zero-order chi connectivity index (χ0) is 20.3. The van der Waals surface area contributed by atoms with Crippen LogP contribution in [0.2, 0.25) is 0 Å². The highest BCUT2D eigenvalue weighted by Gasteiger charge is 2.09. The van der Waals surface area contributed by atoms with E-state index in [1.807, 2.05) is 30.7 Å². The molecule has 1 N–H and O–H groups in total. The van der Waals surface area contributed by atoms with Crippen molar-refractivity contribution < 1.29 is 4.74 Å². The molecule has 7 nitrogen and oxygen atoms in total. The molecule has 0 atom stereocenters. The first kappa shape index (κ1) is 19.6. The van der Waals surface area contributed by atoms with Gasteiger partial charge in [-0.3, -0.25) is 0 Å². The molecule has 28 heavy (non-hydrogen) atoms. The maximum absolute atomic E-state index is 9.15. The molecule has 0 amide bonds. The molecular formula is C20H22N6OS. The van der Waals surface area contributed by atoms with Crippen molar-refractivity contribution in [2.75, 3.05) is 0 Å². The quantitative estimate of drug-likeness (QED) is 0.505. The zero-order valence-electron chi connectivity index (χ0n) is 16.3. The number of aromatic nitrogens is 4. The lowest BCUT2D eigenvalue weighted by atomic mass is 10.0. The van der Waals surface area contributed by atoms with Gasteiger partial charge in [-0.2, -0.15) is 20.1 Å². The predicted octanol–water partition coefficient (Wildman–Crippen LogP) is 4.04. The Kier molecular flexibility index (Phi) is 5.76. The van der Waals surface area contributed by atoms with Crippen molar-refractivity contribution in [1.29, 1.82) is 5.26 Å². The van der Waals surface area contributed by atoms with Crippen LogP contribution in [0.3, 0.4) is 0 Å². The SMILES string of the molecule is Cc1c(/C=N\n2c(COc3ccc(C(C)C)cc3)n[nH]c2=S)cc(C#N)n1C. The van der Waals surface area contributed by atoms with Crippen molar-refractivity contribution in [3.63, 3.8) is 0 Å². The molecule has 0 unspecified atom stereocenters. The van der Waals surface area contributed by atoms with Gasteiger partial charge in [0.15, 0.2) is 5.82 Å². The molecule has 0 saturated carbocycles. The summed E-state index contributed by atoms with van der Waals surface area (Å²) in [6.45, 7) is 6.46. The van der Waals surface area contributed by atoms with E-state index in [-0.39, 0.29) is 6.61 Å². The van der Waals surface area contributed by atoms with Gasteiger partial charge < -0.3 is 9.30 Å². The van der Waals surface area contributed by atoms with Crippen molar-refractivity contribution in [3.05, 3.63) is 63.4 Å². The standard InChI is InChI=1S/C20H22N6OS/c1-13(2)15-5-7-18(8-6-15)27-12-19-23-24-20(28)26(19)22-11-16-9-17(10-21)25(4)14(16)3/h5-9,11,13H,12H2,1-4H3,(H,24,28)/b22-11-. The van der Waals surface area contributed by atoms with Crippen molar-refractivity contribution >= 4 is 18.4 Å². The Balaban J connectivity index is 1.77. The molecule has 144 valence electrons. The Bertz CT molecular complexity index is 1100. The highest BCUT2D eigenvalue weighted by molar-refractivity contribution is 7.71. The zero-order valence-corrected chi connectivity index (χ0v) is 17.1. The van der Waals surface area contributed by atoms with Crippen molar-refractivity contribution in [2.45, 2.75) is 33.3 Å². The van der Waals surface area contributed by atoms with Crippen molar-refractivity contribution in [1.82, 2.24) is 19.4 Å². The predicted molar refractivity (Wildman–Crippen MR) is 110 cm³/mol. The summed E-state index contributed by atoms with van der Waals surface area (Å²) in [6, 6.07) is 11.9. The highest BCUT2D eigenvalue weighted by atomic mass is 32.1. The molecule has 0 radical (unpaired) electrons. The molecule has 3 aromatic rings. The van der Waals surface area contributed by atoms with Crippen LogP contribution in [0, 0.1) is 23.0 Å². The Morgan fingerprint density at radius 3 is 2.68 bits per heavy atom. The second-order valence-electron chi connectivity index (χ2n) is 6.75. The molecule has 0 aliphatic rings. The minimum Gasteiger partial charge on any atom is -0.486 e. The molecule has 1 aromatic carbocycles. The molecule has 0 aliphatic carbocycles. The fraction of sp³-hybridized carbons (Fsp3) is 0.300. The van der Waals surface area contributed by atoms with E-state index in [4.69, 9.17) is 22.2 Å². The number of nitrogens with zero attached hydrogens (tertiary/aromatic N) is 5. The minimum atomic E-state index is 0.225. The van der Waals surface area contributed by atoms with Crippen LogP contribution < -0.4 is 4.74 Å². The first-order valence-corrected chi connectivity index (χ1v) is 9.31. The molecule has 0 bridgehead atoms. The molecule has 0 spiro atoms. The van der Waals surface area contributed by atoms with Gasteiger partial charge in [0.25, 0.3) is 0 Å². The smallest absolute Gasteiger partial charge is 0.216 e. The van der Waals surface area contributed by atoms with Crippen LogP contribution in [0.5, 0.6) is 5.75 Å². The molecule has 8 heteroatoms. The normalized spacial score (nSPS) is 11.3. The summed E-state index contributed by atoms with van der Waals surface area (Å²) in [4.78, 5) is 0. The number of rotatable bonds is 6. The summed E-state index contributed by atoms with van der Waals surface area (Å²) < 4.78 is 9.55. The third-order valence-corrected chi connectivity index (χ3v) is 4.90. The minimum absolute atomic E-state index is 0.225. The third-order valence-electron chi connectivity index (χ3n) is 4.63. The number of H-pyrrole nitrogens is 1. The van der Waals surface area contributed by atoms with Crippen molar-refractivity contribution in [2.24, 2.45) is 12.1 Å². The van der Waals surface area contributed by atoms with Crippen molar-refractivity contribution in [3.8, 4) is 11.8 Å². The van der Waals surface area contributed by atoms with Gasteiger partial charge in [0.2, 0.25) is 4.77 Å². The summed E-state index contributed by atoms with van der Waals surface area (Å²) in [6.07, 6.45) is 1.67. The topological polar surface area (TPSA) is 83.9 Å². The first-order valence-electron chi connectivity index (χ1n) is 8.90. The van der Waals surface area contributed by atoms with Gasteiger partial charge in [0, 0.05) is 18.3 Å². The molecule has 3 rings (SSSR count). The number of ether oxygens (including phenoxy) is 1. The molecule has 2 heterocycles. The maximum Gasteiger partial charge on any atom is 0.216 e. The molecule has 2 aromatic heterocycles. The molecular weight excluding hydrogens is 372 g/mol. The molecule has 0 fully saturated rings. The lowest BCUT2D eigenvalue weighted by molar-refractivity contribution is 0.290. The van der Waals surface area contributed by atoms with Gasteiger partial charge >= 0.3 is 0 Å². The van der Waals surface area contributed by atoms with Gasteiger partial charge in [0.05, 0.1) is 6.21 Å². The fourth-order valence-corrected chi connectivity index (χ4v) is 2.91. The first-order chi connectivity index (χ1) is 13.4. The Labute approximate surface area is 168 Å². The van der Waals surface area contributed by atoms with E-state index in [2.05, 4.69) is 47.3 Å².